The number of hydrogen-bond acceptors (Lipinski definition) is 6. The number of aromatic nitrogens is 3. The number of carbonyl (C=O) groups excluding carboxylic acids is 1. The molecule has 0 fully saturated rings. The van der Waals surface area contributed by atoms with E-state index in [2.05, 4.69) is 14.8 Å². The van der Waals surface area contributed by atoms with Gasteiger partial charge in [-0.1, -0.05) is 23.7 Å². The highest BCUT2D eigenvalue weighted by Gasteiger charge is 2.20. The van der Waals surface area contributed by atoms with E-state index in [0.717, 1.165) is 4.68 Å². The third kappa shape index (κ3) is 4.60. The van der Waals surface area contributed by atoms with E-state index in [1.165, 1.54) is 23.8 Å². The molecule has 2 heterocycles. The summed E-state index contributed by atoms with van der Waals surface area (Å²) < 4.78 is 5.13. The molecule has 0 aliphatic rings. The Hall–Kier alpha value is -2.55. The molecular formula is C18H17ClN4O3S. The van der Waals surface area contributed by atoms with E-state index < -0.39 is 17.1 Å². The van der Waals surface area contributed by atoms with E-state index in [0.29, 0.717) is 22.0 Å². The number of nitrogens with one attached hydrogen (secondary N) is 1. The zero-order valence-electron chi connectivity index (χ0n) is 14.6. The van der Waals surface area contributed by atoms with Crippen molar-refractivity contribution in [2.75, 3.05) is 6.54 Å². The van der Waals surface area contributed by atoms with Crippen LogP contribution in [0.5, 0.6) is 0 Å². The van der Waals surface area contributed by atoms with E-state index in [9.17, 15) is 14.7 Å². The summed E-state index contributed by atoms with van der Waals surface area (Å²) in [6.45, 7) is 3.13. The highest BCUT2D eigenvalue weighted by molar-refractivity contribution is 7.03. The van der Waals surface area contributed by atoms with E-state index in [1.54, 1.807) is 43.5 Å². The van der Waals surface area contributed by atoms with E-state index >= 15 is 0 Å². The SMILES string of the molecule is CC(C)(O)CNC(=O)c1cc(-c2ccc(Cl)cc2)nn(-c2cnsc2)c1=O. The predicted octanol–water partition coefficient (Wildman–Crippen LogP) is 2.51. The first-order valence-electron chi connectivity index (χ1n) is 8.05. The first kappa shape index (κ1) is 19.2. The third-order valence-electron chi connectivity index (χ3n) is 3.64. The highest BCUT2D eigenvalue weighted by atomic mass is 35.5. The molecule has 1 aromatic carbocycles. The molecule has 0 atom stereocenters. The van der Waals surface area contributed by atoms with Gasteiger partial charge in [0.1, 0.15) is 5.56 Å². The minimum atomic E-state index is -1.10. The molecule has 1 amide bonds. The number of rotatable bonds is 5. The van der Waals surface area contributed by atoms with Crippen molar-refractivity contribution in [1.82, 2.24) is 19.5 Å². The molecule has 140 valence electrons. The number of carbonyl (C=O) groups is 1. The normalized spacial score (nSPS) is 11.4. The van der Waals surface area contributed by atoms with Crippen LogP contribution in [-0.2, 0) is 0 Å². The summed E-state index contributed by atoms with van der Waals surface area (Å²) in [4.78, 5) is 25.4. The fraction of sp³-hybridized carbons (Fsp3) is 0.222. The number of halogens is 1. The quantitative estimate of drug-likeness (QED) is 0.681. The van der Waals surface area contributed by atoms with Gasteiger partial charge in [0, 0.05) is 22.5 Å². The molecule has 0 aliphatic heterocycles. The topological polar surface area (TPSA) is 97.1 Å². The van der Waals surface area contributed by atoms with Gasteiger partial charge >= 0.3 is 0 Å². The van der Waals surface area contributed by atoms with Crippen LogP contribution in [-0.4, -0.2) is 37.3 Å². The Labute approximate surface area is 164 Å². The van der Waals surface area contributed by atoms with Gasteiger partial charge in [-0.3, -0.25) is 9.59 Å². The average Bonchev–Trinajstić information content (AvgIpc) is 3.14. The van der Waals surface area contributed by atoms with Crippen molar-refractivity contribution in [3.63, 3.8) is 0 Å². The van der Waals surface area contributed by atoms with Gasteiger partial charge in [-0.15, -0.1) is 0 Å². The van der Waals surface area contributed by atoms with Crippen molar-refractivity contribution in [3.8, 4) is 16.9 Å². The van der Waals surface area contributed by atoms with Crippen molar-refractivity contribution in [2.24, 2.45) is 0 Å². The van der Waals surface area contributed by atoms with Crippen molar-refractivity contribution in [3.05, 3.63) is 62.8 Å². The van der Waals surface area contributed by atoms with Gasteiger partial charge in [0.05, 0.1) is 23.2 Å². The molecule has 27 heavy (non-hydrogen) atoms. The first-order valence-corrected chi connectivity index (χ1v) is 9.27. The van der Waals surface area contributed by atoms with Crippen LogP contribution in [0.2, 0.25) is 5.02 Å². The molecule has 0 unspecified atom stereocenters. The van der Waals surface area contributed by atoms with Crippen LogP contribution >= 0.6 is 23.1 Å². The molecule has 0 saturated carbocycles. The van der Waals surface area contributed by atoms with Gasteiger partial charge in [-0.25, -0.2) is 0 Å². The van der Waals surface area contributed by atoms with Crippen LogP contribution in [0, 0.1) is 0 Å². The molecule has 3 aromatic rings. The summed E-state index contributed by atoms with van der Waals surface area (Å²) in [6.07, 6.45) is 1.50. The lowest BCUT2D eigenvalue weighted by molar-refractivity contribution is 0.0693. The lowest BCUT2D eigenvalue weighted by Gasteiger charge is -2.17. The predicted molar refractivity (Wildman–Crippen MR) is 105 cm³/mol. The maximum Gasteiger partial charge on any atom is 0.284 e. The zero-order valence-corrected chi connectivity index (χ0v) is 16.2. The molecule has 9 heteroatoms. The molecule has 2 aromatic heterocycles. The second-order valence-corrected chi connectivity index (χ2v) is 7.64. The largest absolute Gasteiger partial charge is 0.389 e. The van der Waals surface area contributed by atoms with E-state index in [-0.39, 0.29) is 12.1 Å². The Morgan fingerprint density at radius 3 is 2.63 bits per heavy atom. The fourth-order valence-electron chi connectivity index (χ4n) is 2.29. The Morgan fingerprint density at radius 1 is 1.33 bits per heavy atom. The molecular weight excluding hydrogens is 388 g/mol. The Bertz CT molecular complexity index is 1010. The minimum absolute atomic E-state index is 0.00385. The fourth-order valence-corrected chi connectivity index (χ4v) is 2.91. The average molecular weight is 405 g/mol. The number of hydrogen-bond donors (Lipinski definition) is 2. The van der Waals surface area contributed by atoms with Crippen LogP contribution < -0.4 is 10.9 Å². The molecule has 3 rings (SSSR count). The van der Waals surface area contributed by atoms with Crippen LogP contribution in [0.3, 0.4) is 0 Å². The molecule has 0 saturated heterocycles. The van der Waals surface area contributed by atoms with Crippen LogP contribution in [0.1, 0.15) is 24.2 Å². The van der Waals surface area contributed by atoms with Gasteiger partial charge in [-0.05, 0) is 43.6 Å². The summed E-state index contributed by atoms with van der Waals surface area (Å²) in [5, 5.41) is 19.0. The van der Waals surface area contributed by atoms with E-state index in [1.807, 2.05) is 0 Å². The van der Waals surface area contributed by atoms with E-state index in [4.69, 9.17) is 11.6 Å². The summed E-state index contributed by atoms with van der Waals surface area (Å²) in [7, 11) is 0. The van der Waals surface area contributed by atoms with Gasteiger partial charge in [0.25, 0.3) is 11.5 Å². The molecule has 0 radical (unpaired) electrons. The summed E-state index contributed by atoms with van der Waals surface area (Å²) in [5.41, 5.74) is -0.138. The Kier molecular flexibility index (Phi) is 5.41. The Balaban J connectivity index is 2.10. The van der Waals surface area contributed by atoms with Gasteiger partial charge in [-0.2, -0.15) is 14.2 Å². The van der Waals surface area contributed by atoms with Gasteiger partial charge < -0.3 is 10.4 Å². The lowest BCUT2D eigenvalue weighted by atomic mass is 10.1. The summed E-state index contributed by atoms with van der Waals surface area (Å²) in [6, 6.07) is 8.34. The molecule has 7 nitrogen and oxygen atoms in total. The number of aliphatic hydroxyl groups is 1. The highest BCUT2D eigenvalue weighted by Crippen LogP contribution is 2.20. The summed E-state index contributed by atoms with van der Waals surface area (Å²) in [5.74, 6) is -0.586. The minimum Gasteiger partial charge on any atom is -0.389 e. The van der Waals surface area contributed by atoms with Crippen molar-refractivity contribution >= 4 is 29.0 Å². The third-order valence-corrected chi connectivity index (χ3v) is 4.47. The summed E-state index contributed by atoms with van der Waals surface area (Å²) >= 11 is 7.11. The smallest absolute Gasteiger partial charge is 0.284 e. The van der Waals surface area contributed by atoms with Crippen molar-refractivity contribution < 1.29 is 9.90 Å². The molecule has 0 spiro atoms. The number of nitrogens with zero attached hydrogens (tertiary/aromatic N) is 3. The van der Waals surface area contributed by atoms with Crippen LogP contribution in [0.25, 0.3) is 16.9 Å². The second-order valence-electron chi connectivity index (χ2n) is 6.54. The Morgan fingerprint density at radius 2 is 2.04 bits per heavy atom. The maximum atomic E-state index is 12.8. The first-order chi connectivity index (χ1) is 12.7. The molecule has 2 N–H and O–H groups in total. The molecule has 0 bridgehead atoms. The van der Waals surface area contributed by atoms with Crippen LogP contribution in [0.4, 0.5) is 0 Å². The molecule has 0 aliphatic carbocycles. The number of benzene rings is 1. The lowest BCUT2D eigenvalue weighted by Crippen LogP contribution is -2.41. The monoisotopic (exact) mass is 404 g/mol. The van der Waals surface area contributed by atoms with Crippen molar-refractivity contribution in [1.29, 1.82) is 0 Å². The van der Waals surface area contributed by atoms with Gasteiger partial charge in [0.2, 0.25) is 0 Å². The zero-order chi connectivity index (χ0) is 19.6. The van der Waals surface area contributed by atoms with Gasteiger partial charge in [0.15, 0.2) is 0 Å². The number of amides is 1. The van der Waals surface area contributed by atoms with Crippen LogP contribution in [0.15, 0.2) is 46.7 Å². The standard InChI is InChI=1S/C18H17ClN4O3S/c1-18(2,26)10-20-16(24)14-7-15(11-3-5-12(19)6-4-11)22-23(17(14)25)13-8-21-27-9-13/h3-9,26H,10H2,1-2H3,(H,20,24). The van der Waals surface area contributed by atoms with Crippen molar-refractivity contribution in [2.45, 2.75) is 19.4 Å². The second kappa shape index (κ2) is 7.59. The maximum absolute atomic E-state index is 12.8.